The van der Waals surface area contributed by atoms with E-state index in [1.54, 1.807) is 0 Å². The summed E-state index contributed by atoms with van der Waals surface area (Å²) in [6.07, 6.45) is 0.724. The Kier molecular flexibility index (Phi) is 3.19. The summed E-state index contributed by atoms with van der Waals surface area (Å²) >= 11 is 0. The maximum absolute atomic E-state index is 12.1. The maximum Gasteiger partial charge on any atom is 0.366 e. The fourth-order valence-electron chi connectivity index (χ4n) is 1.36. The molecule has 0 unspecified atom stereocenters. The molecule has 0 saturated carbocycles. The lowest BCUT2D eigenvalue weighted by Gasteiger charge is -2.05. The number of benzene rings is 1. The summed E-state index contributed by atoms with van der Waals surface area (Å²) in [6, 6.07) is 4.04. The number of rotatable bonds is 3. The molecule has 20 heavy (non-hydrogen) atoms. The first-order valence-corrected chi connectivity index (χ1v) is 6.47. The molecular weight excluding hydrogens is 290 g/mol. The number of nitro groups is 1. The van der Waals surface area contributed by atoms with Gasteiger partial charge in [0, 0.05) is 12.1 Å². The van der Waals surface area contributed by atoms with Crippen molar-refractivity contribution < 1.29 is 13.3 Å². The Labute approximate surface area is 111 Å². The molecule has 11 heteroatoms. The third-order valence-electron chi connectivity index (χ3n) is 2.30. The fourth-order valence-corrected chi connectivity index (χ4v) is 2.48. The molecule has 0 amide bonds. The summed E-state index contributed by atoms with van der Waals surface area (Å²) in [7, 11) is -4.23. The van der Waals surface area contributed by atoms with E-state index in [4.69, 9.17) is 5.73 Å². The van der Waals surface area contributed by atoms with Crippen molar-refractivity contribution in [3.8, 4) is 0 Å². The molecule has 0 spiro atoms. The summed E-state index contributed by atoms with van der Waals surface area (Å²) in [5.74, 6) is -0.356. The van der Waals surface area contributed by atoms with E-state index in [1.807, 2.05) is 0 Å². The van der Waals surface area contributed by atoms with Gasteiger partial charge in [0.05, 0.1) is 9.82 Å². The average molecular weight is 297 g/mol. The van der Waals surface area contributed by atoms with Crippen LogP contribution in [0.2, 0.25) is 0 Å². The van der Waals surface area contributed by atoms with Crippen LogP contribution in [-0.2, 0) is 10.0 Å². The van der Waals surface area contributed by atoms with Crippen LogP contribution >= 0.6 is 0 Å². The van der Waals surface area contributed by atoms with E-state index in [1.165, 1.54) is 0 Å². The van der Waals surface area contributed by atoms with Crippen molar-refractivity contribution in [3.63, 3.8) is 0 Å². The summed E-state index contributed by atoms with van der Waals surface area (Å²) in [5, 5.41) is 10.5. The van der Waals surface area contributed by atoms with Crippen molar-refractivity contribution in [1.82, 2.24) is 13.9 Å². The van der Waals surface area contributed by atoms with Crippen LogP contribution in [0.4, 0.5) is 11.6 Å². The third kappa shape index (κ3) is 2.33. The van der Waals surface area contributed by atoms with E-state index in [-0.39, 0.29) is 16.5 Å². The molecule has 1 aromatic heterocycles. The number of aromatic nitrogens is 3. The van der Waals surface area contributed by atoms with Crippen LogP contribution in [0.25, 0.3) is 0 Å². The van der Waals surface area contributed by atoms with E-state index in [0.29, 0.717) is 3.97 Å². The quantitative estimate of drug-likeness (QED) is 0.580. The number of hydrogen-bond acceptors (Lipinski definition) is 8. The first-order valence-electron chi connectivity index (χ1n) is 5.03. The molecule has 0 saturated heterocycles. The largest absolute Gasteiger partial charge is 0.368 e. The van der Waals surface area contributed by atoms with E-state index in [2.05, 4.69) is 9.97 Å². The highest BCUT2D eigenvalue weighted by molar-refractivity contribution is 7.89. The Bertz CT molecular complexity index is 827. The third-order valence-corrected chi connectivity index (χ3v) is 3.93. The van der Waals surface area contributed by atoms with Crippen LogP contribution in [0.5, 0.6) is 0 Å². The predicted octanol–water partition coefficient (Wildman–Crippen LogP) is -0.634. The molecule has 10 nitrogen and oxygen atoms in total. The number of anilines is 1. The Morgan fingerprint density at radius 1 is 1.25 bits per heavy atom. The van der Waals surface area contributed by atoms with Crippen LogP contribution in [-0.4, -0.2) is 27.3 Å². The molecule has 2 rings (SSSR count). The molecule has 1 aromatic carbocycles. The lowest BCUT2D eigenvalue weighted by molar-refractivity contribution is -0.384. The highest BCUT2D eigenvalue weighted by Gasteiger charge is 2.20. The number of hydrogen-bond donors (Lipinski definition) is 1. The Morgan fingerprint density at radius 2 is 1.85 bits per heavy atom. The van der Waals surface area contributed by atoms with Crippen LogP contribution < -0.4 is 11.4 Å². The Balaban J connectivity index is 2.55. The van der Waals surface area contributed by atoms with Crippen molar-refractivity contribution in [2.75, 3.05) is 5.73 Å². The van der Waals surface area contributed by atoms with Crippen LogP contribution in [0.3, 0.4) is 0 Å². The minimum Gasteiger partial charge on any atom is -0.368 e. The molecule has 1 heterocycles. The normalized spacial score (nSPS) is 11.2. The smallest absolute Gasteiger partial charge is 0.366 e. The summed E-state index contributed by atoms with van der Waals surface area (Å²) < 4.78 is 24.5. The van der Waals surface area contributed by atoms with Gasteiger partial charge >= 0.3 is 5.69 Å². The first-order chi connectivity index (χ1) is 9.32. The van der Waals surface area contributed by atoms with Gasteiger partial charge in [-0.2, -0.15) is 8.96 Å². The highest BCUT2D eigenvalue weighted by Crippen LogP contribution is 2.17. The molecule has 0 radical (unpaired) electrons. The molecule has 0 fully saturated rings. The number of nitrogen functional groups attached to an aromatic ring is 1. The van der Waals surface area contributed by atoms with Gasteiger partial charge in [0.1, 0.15) is 6.33 Å². The number of nitro benzene ring substituents is 1. The topological polar surface area (TPSA) is 151 Å². The molecule has 0 bridgehead atoms. The lowest BCUT2D eigenvalue weighted by atomic mass is 10.3. The monoisotopic (exact) mass is 297 g/mol. The van der Waals surface area contributed by atoms with E-state index < -0.39 is 20.6 Å². The fraction of sp³-hybridized carbons (Fsp3) is 0. The average Bonchev–Trinajstić information content (AvgIpc) is 2.38. The van der Waals surface area contributed by atoms with Gasteiger partial charge in [-0.05, 0) is 12.1 Å². The van der Waals surface area contributed by atoms with E-state index in [0.717, 1.165) is 30.6 Å². The standard InChI is InChI=1S/C9H7N5O5S/c10-8-11-5-13(9(15)12-8)20(18,19)7-3-1-6(2-4-7)14(16)17/h1-5H,(H2,10,12,15). The van der Waals surface area contributed by atoms with Crippen molar-refractivity contribution in [1.29, 1.82) is 0 Å². The summed E-state index contributed by atoms with van der Waals surface area (Å²) in [4.78, 5) is 27.6. The molecule has 0 aliphatic carbocycles. The molecular formula is C9H7N5O5S. The molecule has 104 valence electrons. The van der Waals surface area contributed by atoms with Gasteiger partial charge in [-0.1, -0.05) is 0 Å². The second kappa shape index (κ2) is 4.70. The predicted molar refractivity (Wildman–Crippen MR) is 66.4 cm³/mol. The zero-order chi connectivity index (χ0) is 14.9. The zero-order valence-electron chi connectivity index (χ0n) is 9.70. The SMILES string of the molecule is Nc1ncn(S(=O)(=O)c2ccc([N+](=O)[O-])cc2)c(=O)n1. The van der Waals surface area contributed by atoms with E-state index in [9.17, 15) is 23.3 Å². The van der Waals surface area contributed by atoms with Crippen molar-refractivity contribution in [2.24, 2.45) is 0 Å². The number of nitrogens with two attached hydrogens (primary N) is 1. The molecule has 2 N–H and O–H groups in total. The highest BCUT2D eigenvalue weighted by atomic mass is 32.2. The van der Waals surface area contributed by atoms with Gasteiger partial charge in [-0.25, -0.2) is 18.2 Å². The first kappa shape index (κ1) is 13.6. The summed E-state index contributed by atoms with van der Waals surface area (Å²) in [5.41, 5.74) is 3.77. The molecule has 2 aromatic rings. The number of non-ortho nitro benzene ring substituents is 1. The van der Waals surface area contributed by atoms with Crippen molar-refractivity contribution >= 4 is 21.7 Å². The van der Waals surface area contributed by atoms with Crippen molar-refractivity contribution in [3.05, 3.63) is 51.2 Å². The second-order valence-electron chi connectivity index (χ2n) is 3.55. The number of nitrogens with zero attached hydrogens (tertiary/aromatic N) is 4. The van der Waals surface area contributed by atoms with Crippen molar-refractivity contribution in [2.45, 2.75) is 4.90 Å². The van der Waals surface area contributed by atoms with Gasteiger partial charge in [0.15, 0.2) is 0 Å². The van der Waals surface area contributed by atoms with Gasteiger partial charge in [-0.15, -0.1) is 0 Å². The molecule has 0 atom stereocenters. The second-order valence-corrected chi connectivity index (χ2v) is 5.36. The van der Waals surface area contributed by atoms with Crippen LogP contribution in [0.15, 0.2) is 40.3 Å². The zero-order valence-corrected chi connectivity index (χ0v) is 10.5. The minimum atomic E-state index is -4.23. The lowest BCUT2D eigenvalue weighted by Crippen LogP contribution is -2.30. The van der Waals surface area contributed by atoms with Gasteiger partial charge < -0.3 is 5.73 Å². The molecule has 0 aliphatic heterocycles. The van der Waals surface area contributed by atoms with Gasteiger partial charge in [0.2, 0.25) is 5.95 Å². The Hall–Kier alpha value is -2.82. The minimum absolute atomic E-state index is 0.273. The molecule has 0 aliphatic rings. The van der Waals surface area contributed by atoms with E-state index >= 15 is 0 Å². The van der Waals surface area contributed by atoms with Crippen LogP contribution in [0, 0.1) is 10.1 Å². The van der Waals surface area contributed by atoms with Crippen LogP contribution in [0.1, 0.15) is 0 Å². The van der Waals surface area contributed by atoms with Gasteiger partial charge in [-0.3, -0.25) is 10.1 Å². The summed E-state index contributed by atoms with van der Waals surface area (Å²) in [6.45, 7) is 0. The van der Waals surface area contributed by atoms with Gasteiger partial charge in [0.25, 0.3) is 15.7 Å². The maximum atomic E-state index is 12.1. The Morgan fingerprint density at radius 3 is 2.35 bits per heavy atom.